The highest BCUT2D eigenvalue weighted by Crippen LogP contribution is 2.13. The van der Waals surface area contributed by atoms with E-state index in [1.54, 1.807) is 0 Å². The van der Waals surface area contributed by atoms with Gasteiger partial charge in [-0.15, -0.1) is 0 Å². The van der Waals surface area contributed by atoms with E-state index in [2.05, 4.69) is 19.0 Å². The number of oxime groups is 1. The van der Waals surface area contributed by atoms with Gasteiger partial charge >= 0.3 is 0 Å². The molecule has 0 aliphatic carbocycles. The summed E-state index contributed by atoms with van der Waals surface area (Å²) in [6, 6.07) is 0. The molecule has 0 fully saturated rings. The molecular formula is C10H22N2OS. The van der Waals surface area contributed by atoms with Gasteiger partial charge in [0.1, 0.15) is 5.84 Å². The van der Waals surface area contributed by atoms with E-state index in [0.29, 0.717) is 12.3 Å². The molecule has 4 heteroatoms. The summed E-state index contributed by atoms with van der Waals surface area (Å²) < 4.78 is 0. The van der Waals surface area contributed by atoms with Crippen LogP contribution in [0.4, 0.5) is 0 Å². The SMILES string of the molecule is CCC(C)CSCCCCC(N)=NO. The second-order valence-corrected chi connectivity index (χ2v) is 4.79. The summed E-state index contributed by atoms with van der Waals surface area (Å²) in [7, 11) is 0. The van der Waals surface area contributed by atoms with Gasteiger partial charge in [-0.25, -0.2) is 0 Å². The third-order valence-electron chi connectivity index (χ3n) is 2.20. The van der Waals surface area contributed by atoms with E-state index < -0.39 is 0 Å². The van der Waals surface area contributed by atoms with Gasteiger partial charge in [-0.05, 0) is 30.3 Å². The summed E-state index contributed by atoms with van der Waals surface area (Å²) in [4.78, 5) is 0. The van der Waals surface area contributed by atoms with Crippen molar-refractivity contribution in [3.63, 3.8) is 0 Å². The van der Waals surface area contributed by atoms with E-state index in [0.717, 1.165) is 18.8 Å². The third kappa shape index (κ3) is 8.23. The molecule has 84 valence electrons. The van der Waals surface area contributed by atoms with Crippen LogP contribution in [0, 0.1) is 5.92 Å². The van der Waals surface area contributed by atoms with Crippen LogP contribution in [0.25, 0.3) is 0 Å². The fourth-order valence-electron chi connectivity index (χ4n) is 0.963. The zero-order valence-electron chi connectivity index (χ0n) is 9.20. The number of unbranched alkanes of at least 4 members (excludes halogenated alkanes) is 1. The van der Waals surface area contributed by atoms with E-state index in [9.17, 15) is 0 Å². The quantitative estimate of drug-likeness (QED) is 0.216. The first-order valence-corrected chi connectivity index (χ1v) is 6.40. The minimum Gasteiger partial charge on any atom is -0.409 e. The van der Waals surface area contributed by atoms with Crippen molar-refractivity contribution < 1.29 is 5.21 Å². The third-order valence-corrected chi connectivity index (χ3v) is 3.58. The highest BCUT2D eigenvalue weighted by atomic mass is 32.2. The maximum atomic E-state index is 8.30. The Morgan fingerprint density at radius 2 is 2.21 bits per heavy atom. The molecule has 0 amide bonds. The zero-order valence-corrected chi connectivity index (χ0v) is 10.0. The van der Waals surface area contributed by atoms with Gasteiger partial charge in [-0.1, -0.05) is 25.4 Å². The first-order chi connectivity index (χ1) is 6.70. The molecule has 0 radical (unpaired) electrons. The predicted molar refractivity (Wildman–Crippen MR) is 64.0 cm³/mol. The van der Waals surface area contributed by atoms with E-state index in [-0.39, 0.29) is 0 Å². The predicted octanol–water partition coefficient (Wildman–Crippen LogP) is 2.68. The molecule has 0 bridgehead atoms. The van der Waals surface area contributed by atoms with E-state index >= 15 is 0 Å². The highest BCUT2D eigenvalue weighted by molar-refractivity contribution is 7.99. The number of hydrogen-bond donors (Lipinski definition) is 2. The van der Waals surface area contributed by atoms with Crippen molar-refractivity contribution in [2.75, 3.05) is 11.5 Å². The van der Waals surface area contributed by atoms with Crippen LogP contribution in [0.5, 0.6) is 0 Å². The van der Waals surface area contributed by atoms with Gasteiger partial charge in [0.15, 0.2) is 0 Å². The molecule has 0 saturated carbocycles. The monoisotopic (exact) mass is 218 g/mol. The van der Waals surface area contributed by atoms with E-state index in [4.69, 9.17) is 10.9 Å². The molecule has 1 atom stereocenters. The fraction of sp³-hybridized carbons (Fsp3) is 0.900. The molecular weight excluding hydrogens is 196 g/mol. The van der Waals surface area contributed by atoms with E-state index in [1.807, 2.05) is 11.8 Å². The van der Waals surface area contributed by atoms with Gasteiger partial charge in [0.25, 0.3) is 0 Å². The number of nitrogens with two attached hydrogens (primary N) is 1. The average molecular weight is 218 g/mol. The van der Waals surface area contributed by atoms with Gasteiger partial charge in [0.2, 0.25) is 0 Å². The Labute approximate surface area is 91.1 Å². The van der Waals surface area contributed by atoms with Gasteiger partial charge in [0, 0.05) is 6.42 Å². The fourth-order valence-corrected chi connectivity index (χ4v) is 2.18. The summed E-state index contributed by atoms with van der Waals surface area (Å²) in [5.41, 5.74) is 5.35. The van der Waals surface area contributed by atoms with E-state index in [1.165, 1.54) is 17.9 Å². The first kappa shape index (κ1) is 13.6. The molecule has 0 aromatic carbocycles. The van der Waals surface area contributed by atoms with Crippen molar-refractivity contribution >= 4 is 17.6 Å². The van der Waals surface area contributed by atoms with Crippen LogP contribution in [0.2, 0.25) is 0 Å². The van der Waals surface area contributed by atoms with Gasteiger partial charge in [-0.2, -0.15) is 11.8 Å². The molecule has 0 aromatic heterocycles. The lowest BCUT2D eigenvalue weighted by molar-refractivity contribution is 0.316. The highest BCUT2D eigenvalue weighted by Gasteiger charge is 1.98. The van der Waals surface area contributed by atoms with Crippen LogP contribution in [-0.2, 0) is 0 Å². The summed E-state index contributed by atoms with van der Waals surface area (Å²) >= 11 is 2.00. The molecule has 0 heterocycles. The van der Waals surface area contributed by atoms with Crippen LogP contribution in [-0.4, -0.2) is 22.5 Å². The first-order valence-electron chi connectivity index (χ1n) is 5.24. The van der Waals surface area contributed by atoms with Gasteiger partial charge in [0.05, 0.1) is 0 Å². The van der Waals surface area contributed by atoms with Crippen molar-refractivity contribution in [1.82, 2.24) is 0 Å². The molecule has 0 rings (SSSR count). The Bertz CT molecular complexity index is 162. The molecule has 14 heavy (non-hydrogen) atoms. The molecule has 0 aromatic rings. The van der Waals surface area contributed by atoms with Gasteiger partial charge in [-0.3, -0.25) is 0 Å². The van der Waals surface area contributed by atoms with Crippen LogP contribution in [0.1, 0.15) is 39.5 Å². The summed E-state index contributed by atoms with van der Waals surface area (Å²) in [6.07, 6.45) is 4.14. The van der Waals surface area contributed by atoms with Gasteiger partial charge < -0.3 is 10.9 Å². The lowest BCUT2D eigenvalue weighted by atomic mass is 10.2. The second kappa shape index (κ2) is 9.19. The average Bonchev–Trinajstić information content (AvgIpc) is 2.22. The maximum absolute atomic E-state index is 8.30. The standard InChI is InChI=1S/C10H22N2OS/c1-3-9(2)8-14-7-5-4-6-10(11)12-13/h9,13H,3-8H2,1-2H3,(H2,11,12). The molecule has 0 aliphatic heterocycles. The van der Waals surface area contributed by atoms with Crippen LogP contribution < -0.4 is 5.73 Å². The summed E-state index contributed by atoms with van der Waals surface area (Å²) in [5.74, 6) is 3.60. The molecule has 3 N–H and O–H groups in total. The van der Waals surface area contributed by atoms with Crippen LogP contribution in [0.15, 0.2) is 5.16 Å². The molecule has 0 spiro atoms. The number of thioether (sulfide) groups is 1. The number of rotatable bonds is 8. The molecule has 0 aliphatic rings. The Hall–Kier alpha value is -0.380. The topological polar surface area (TPSA) is 58.6 Å². The Morgan fingerprint density at radius 1 is 1.50 bits per heavy atom. The van der Waals surface area contributed by atoms with Crippen molar-refractivity contribution in [2.45, 2.75) is 39.5 Å². The molecule has 1 unspecified atom stereocenters. The largest absolute Gasteiger partial charge is 0.409 e. The lowest BCUT2D eigenvalue weighted by Gasteiger charge is -2.06. The lowest BCUT2D eigenvalue weighted by Crippen LogP contribution is -2.10. The minimum atomic E-state index is 0.344. The minimum absolute atomic E-state index is 0.344. The van der Waals surface area contributed by atoms with Crippen LogP contribution in [0.3, 0.4) is 0 Å². The second-order valence-electron chi connectivity index (χ2n) is 3.64. The Balaban J connectivity index is 3.14. The number of amidine groups is 1. The van der Waals surface area contributed by atoms with Crippen LogP contribution >= 0.6 is 11.8 Å². The number of hydrogen-bond acceptors (Lipinski definition) is 3. The van der Waals surface area contributed by atoms with Crippen molar-refractivity contribution in [3.8, 4) is 0 Å². The summed E-state index contributed by atoms with van der Waals surface area (Å²) in [5, 5.41) is 11.2. The molecule has 0 saturated heterocycles. The normalized spacial score (nSPS) is 14.3. The Morgan fingerprint density at radius 3 is 2.79 bits per heavy atom. The van der Waals surface area contributed by atoms with Crippen molar-refractivity contribution in [2.24, 2.45) is 16.8 Å². The summed E-state index contributed by atoms with van der Waals surface area (Å²) in [6.45, 7) is 4.51. The smallest absolute Gasteiger partial charge is 0.139 e. The van der Waals surface area contributed by atoms with Crippen molar-refractivity contribution in [1.29, 1.82) is 0 Å². The number of nitrogens with zero attached hydrogens (tertiary/aromatic N) is 1. The molecule has 3 nitrogen and oxygen atoms in total. The zero-order chi connectivity index (χ0) is 10.8. The Kier molecular flexibility index (Phi) is 8.94. The van der Waals surface area contributed by atoms with Crippen molar-refractivity contribution in [3.05, 3.63) is 0 Å². The maximum Gasteiger partial charge on any atom is 0.139 e.